The van der Waals surface area contributed by atoms with Crippen molar-refractivity contribution in [2.45, 2.75) is 19.3 Å². The number of hydrogen-bond acceptors (Lipinski definition) is 3. The maximum Gasteiger partial charge on any atom is 0.522 e. The Kier molecular flexibility index (Phi) is 4.92. The molecule has 102 valence electrons. The lowest BCUT2D eigenvalue weighted by Gasteiger charge is -2.11. The minimum atomic E-state index is -4.71. The first kappa shape index (κ1) is 14.7. The fourth-order valence-electron chi connectivity index (χ4n) is 1.23. The van der Waals surface area contributed by atoms with Crippen LogP contribution in [-0.4, -0.2) is 19.6 Å². The maximum absolute atomic E-state index is 13.4. The van der Waals surface area contributed by atoms with E-state index in [4.69, 9.17) is 10.5 Å². The van der Waals surface area contributed by atoms with Gasteiger partial charge in [0.05, 0.1) is 6.61 Å². The lowest BCUT2D eigenvalue weighted by atomic mass is 10.1. The van der Waals surface area contributed by atoms with Crippen LogP contribution in [0.1, 0.15) is 18.5 Å². The summed E-state index contributed by atoms with van der Waals surface area (Å²) in [6, 6.07) is 3.72. The molecule has 0 unspecified atom stereocenters. The minimum Gasteiger partial charge on any atom is -0.488 e. The second-order valence-electron chi connectivity index (χ2n) is 3.62. The van der Waals surface area contributed by atoms with Gasteiger partial charge in [0.15, 0.2) is 11.6 Å². The van der Waals surface area contributed by atoms with Gasteiger partial charge in [-0.2, -0.15) is 0 Å². The molecule has 1 aromatic rings. The van der Waals surface area contributed by atoms with Gasteiger partial charge < -0.3 is 10.5 Å². The number of benzene rings is 1. The highest BCUT2D eigenvalue weighted by Crippen LogP contribution is 2.21. The zero-order valence-electron chi connectivity index (χ0n) is 9.63. The van der Waals surface area contributed by atoms with Gasteiger partial charge in [-0.1, -0.05) is 6.07 Å². The van der Waals surface area contributed by atoms with Crippen LogP contribution in [0.5, 0.6) is 5.75 Å². The van der Waals surface area contributed by atoms with E-state index in [9.17, 15) is 17.6 Å². The van der Waals surface area contributed by atoms with Crippen LogP contribution in [0.2, 0.25) is 0 Å². The molecular weight excluding hydrogens is 254 g/mol. The second kappa shape index (κ2) is 6.01. The van der Waals surface area contributed by atoms with Gasteiger partial charge in [-0.3, -0.25) is 4.74 Å². The Labute approximate surface area is 101 Å². The Morgan fingerprint density at radius 2 is 1.94 bits per heavy atom. The summed E-state index contributed by atoms with van der Waals surface area (Å²) in [6.45, 7) is 0.596. The molecule has 1 atom stereocenters. The third-order valence-corrected chi connectivity index (χ3v) is 2.09. The van der Waals surface area contributed by atoms with Gasteiger partial charge in [0.25, 0.3) is 0 Å². The van der Waals surface area contributed by atoms with Crippen molar-refractivity contribution in [1.29, 1.82) is 0 Å². The fraction of sp³-hybridized carbons (Fsp3) is 0.455. The highest BCUT2D eigenvalue weighted by Gasteiger charge is 2.28. The largest absolute Gasteiger partial charge is 0.522 e. The summed E-state index contributed by atoms with van der Waals surface area (Å²) in [4.78, 5) is 0. The summed E-state index contributed by atoms with van der Waals surface area (Å²) in [5, 5.41) is 0. The average molecular weight is 267 g/mol. The molecule has 0 aliphatic carbocycles. The molecule has 0 aliphatic heterocycles. The van der Waals surface area contributed by atoms with Crippen LogP contribution < -0.4 is 10.5 Å². The SMILES string of the molecule is C[C@@H](N)c1ccc(OCCOC(F)(F)F)c(F)c1. The van der Waals surface area contributed by atoms with E-state index in [1.807, 2.05) is 0 Å². The molecule has 0 aromatic heterocycles. The first-order valence-electron chi connectivity index (χ1n) is 5.18. The van der Waals surface area contributed by atoms with Crippen LogP contribution in [0.15, 0.2) is 18.2 Å². The van der Waals surface area contributed by atoms with Crippen LogP contribution in [0.4, 0.5) is 17.6 Å². The van der Waals surface area contributed by atoms with Gasteiger partial charge >= 0.3 is 6.36 Å². The van der Waals surface area contributed by atoms with Gasteiger partial charge in [0.1, 0.15) is 6.61 Å². The van der Waals surface area contributed by atoms with E-state index in [1.165, 1.54) is 12.1 Å². The van der Waals surface area contributed by atoms with E-state index in [0.29, 0.717) is 5.56 Å². The molecule has 0 aliphatic rings. The molecule has 7 heteroatoms. The monoisotopic (exact) mass is 267 g/mol. The molecule has 3 nitrogen and oxygen atoms in total. The number of halogens is 4. The Bertz CT molecular complexity index is 393. The Hall–Kier alpha value is -1.34. The molecule has 18 heavy (non-hydrogen) atoms. The zero-order chi connectivity index (χ0) is 13.8. The normalized spacial score (nSPS) is 13.4. The van der Waals surface area contributed by atoms with Gasteiger partial charge in [-0.25, -0.2) is 4.39 Å². The lowest BCUT2D eigenvalue weighted by molar-refractivity contribution is -0.325. The van der Waals surface area contributed by atoms with Crippen molar-refractivity contribution < 1.29 is 27.0 Å². The third kappa shape index (κ3) is 4.89. The van der Waals surface area contributed by atoms with E-state index in [2.05, 4.69) is 4.74 Å². The van der Waals surface area contributed by atoms with Crippen LogP contribution in [0, 0.1) is 5.82 Å². The summed E-state index contributed by atoms with van der Waals surface area (Å²) in [7, 11) is 0. The van der Waals surface area contributed by atoms with Crippen LogP contribution in [0.25, 0.3) is 0 Å². The van der Waals surface area contributed by atoms with E-state index >= 15 is 0 Å². The number of ether oxygens (including phenoxy) is 2. The average Bonchev–Trinajstić information content (AvgIpc) is 2.24. The molecule has 2 N–H and O–H groups in total. The fourth-order valence-corrected chi connectivity index (χ4v) is 1.23. The van der Waals surface area contributed by atoms with E-state index < -0.39 is 25.4 Å². The number of alkyl halides is 3. The molecule has 0 amide bonds. The van der Waals surface area contributed by atoms with Gasteiger partial charge in [0.2, 0.25) is 0 Å². The zero-order valence-corrected chi connectivity index (χ0v) is 9.63. The molecule has 0 saturated heterocycles. The topological polar surface area (TPSA) is 44.5 Å². The lowest BCUT2D eigenvalue weighted by Crippen LogP contribution is -2.18. The van der Waals surface area contributed by atoms with Gasteiger partial charge in [-0.05, 0) is 24.6 Å². The smallest absolute Gasteiger partial charge is 0.488 e. The molecule has 1 aromatic carbocycles. The van der Waals surface area contributed by atoms with Crippen LogP contribution in [0.3, 0.4) is 0 Å². The quantitative estimate of drug-likeness (QED) is 0.659. The molecule has 0 heterocycles. The van der Waals surface area contributed by atoms with Gasteiger partial charge in [-0.15, -0.1) is 13.2 Å². The summed E-state index contributed by atoms with van der Waals surface area (Å²) in [5.74, 6) is -0.804. The van der Waals surface area contributed by atoms with E-state index in [0.717, 1.165) is 0 Å². The molecule has 0 radical (unpaired) electrons. The number of rotatable bonds is 5. The highest BCUT2D eigenvalue weighted by molar-refractivity contribution is 5.30. The molecule has 0 fully saturated rings. The van der Waals surface area contributed by atoms with Crippen LogP contribution >= 0.6 is 0 Å². The third-order valence-electron chi connectivity index (χ3n) is 2.09. The maximum atomic E-state index is 13.4. The molecule has 0 bridgehead atoms. The van der Waals surface area contributed by atoms with Crippen molar-refractivity contribution in [2.75, 3.05) is 13.2 Å². The molecule has 1 rings (SSSR count). The van der Waals surface area contributed by atoms with Gasteiger partial charge in [0, 0.05) is 6.04 Å². The van der Waals surface area contributed by atoms with Crippen LogP contribution in [-0.2, 0) is 4.74 Å². The van der Waals surface area contributed by atoms with E-state index in [1.54, 1.807) is 13.0 Å². The van der Waals surface area contributed by atoms with Crippen molar-refractivity contribution in [3.63, 3.8) is 0 Å². The Morgan fingerprint density at radius 1 is 1.28 bits per heavy atom. The van der Waals surface area contributed by atoms with Crippen molar-refractivity contribution >= 4 is 0 Å². The van der Waals surface area contributed by atoms with Crippen molar-refractivity contribution in [2.24, 2.45) is 5.73 Å². The minimum absolute atomic E-state index is 0.134. The molecule has 0 spiro atoms. The summed E-state index contributed by atoms with van der Waals surface area (Å²) in [6.07, 6.45) is -4.71. The summed E-state index contributed by atoms with van der Waals surface area (Å²) < 4.78 is 56.6. The summed E-state index contributed by atoms with van der Waals surface area (Å²) >= 11 is 0. The number of nitrogens with two attached hydrogens (primary N) is 1. The molecule has 0 saturated carbocycles. The Balaban J connectivity index is 2.48. The first-order valence-corrected chi connectivity index (χ1v) is 5.18. The second-order valence-corrected chi connectivity index (χ2v) is 3.62. The Morgan fingerprint density at radius 3 is 2.44 bits per heavy atom. The first-order chi connectivity index (χ1) is 8.29. The van der Waals surface area contributed by atoms with Crippen molar-refractivity contribution in [1.82, 2.24) is 0 Å². The molecular formula is C11H13F4NO2. The van der Waals surface area contributed by atoms with Crippen molar-refractivity contribution in [3.05, 3.63) is 29.6 Å². The predicted molar refractivity (Wildman–Crippen MR) is 56.5 cm³/mol. The highest BCUT2D eigenvalue weighted by atomic mass is 19.4. The van der Waals surface area contributed by atoms with Crippen molar-refractivity contribution in [3.8, 4) is 5.75 Å². The predicted octanol–water partition coefficient (Wildman–Crippen LogP) is 2.76. The standard InChI is InChI=1S/C11H13F4NO2/c1-7(16)8-2-3-10(9(12)6-8)17-4-5-18-11(13,14)15/h2-3,6-7H,4-5,16H2,1H3/t7-/m1/s1. The van der Waals surface area contributed by atoms with E-state index in [-0.39, 0.29) is 11.8 Å². The number of hydrogen-bond donors (Lipinski definition) is 1. The summed E-state index contributed by atoms with van der Waals surface area (Å²) in [5.41, 5.74) is 6.13.